The molecule has 0 amide bonds. The van der Waals surface area contributed by atoms with Crippen LogP contribution in [0.5, 0.6) is 17.2 Å². The SMILES string of the molecule is CCCCCCCCCCCCCCCCCC(=O)OC(=O)/C=C/c1cc(OC)c(O)c(OC)c1. The second-order valence-corrected chi connectivity index (χ2v) is 9.10. The predicted molar refractivity (Wildman–Crippen MR) is 141 cm³/mol. The van der Waals surface area contributed by atoms with Crippen molar-refractivity contribution in [2.75, 3.05) is 14.2 Å². The lowest BCUT2D eigenvalue weighted by Crippen LogP contribution is -2.09. The molecule has 6 nitrogen and oxygen atoms in total. The molecule has 1 rings (SSSR count). The molecule has 0 fully saturated rings. The fourth-order valence-corrected chi connectivity index (χ4v) is 4.01. The van der Waals surface area contributed by atoms with Crippen molar-refractivity contribution in [3.05, 3.63) is 23.8 Å². The van der Waals surface area contributed by atoms with Gasteiger partial charge in [0.05, 0.1) is 14.2 Å². The maximum atomic E-state index is 11.9. The van der Waals surface area contributed by atoms with Gasteiger partial charge in [-0.1, -0.05) is 96.8 Å². The van der Waals surface area contributed by atoms with Crippen molar-refractivity contribution < 1.29 is 28.9 Å². The summed E-state index contributed by atoms with van der Waals surface area (Å²) < 4.78 is 15.0. The fourth-order valence-electron chi connectivity index (χ4n) is 4.01. The zero-order valence-corrected chi connectivity index (χ0v) is 22.1. The van der Waals surface area contributed by atoms with Gasteiger partial charge in [-0.3, -0.25) is 4.79 Å². The van der Waals surface area contributed by atoms with E-state index in [1.165, 1.54) is 103 Å². The minimum Gasteiger partial charge on any atom is -0.502 e. The van der Waals surface area contributed by atoms with Gasteiger partial charge in [-0.2, -0.15) is 0 Å². The monoisotopic (exact) mass is 490 g/mol. The average molecular weight is 491 g/mol. The van der Waals surface area contributed by atoms with Gasteiger partial charge in [0.25, 0.3) is 0 Å². The Balaban J connectivity index is 2.07. The molecule has 6 heteroatoms. The Bertz CT molecular complexity index is 731. The van der Waals surface area contributed by atoms with Crippen LogP contribution >= 0.6 is 0 Å². The summed E-state index contributed by atoms with van der Waals surface area (Å²) in [4.78, 5) is 23.8. The molecular weight excluding hydrogens is 444 g/mol. The first-order valence-corrected chi connectivity index (χ1v) is 13.4. The number of benzene rings is 1. The van der Waals surface area contributed by atoms with E-state index in [0.29, 0.717) is 5.56 Å². The molecule has 198 valence electrons. The van der Waals surface area contributed by atoms with Gasteiger partial charge in [0, 0.05) is 12.5 Å². The average Bonchev–Trinajstić information content (AvgIpc) is 2.85. The molecule has 0 radical (unpaired) electrons. The number of hydrogen-bond donors (Lipinski definition) is 1. The van der Waals surface area contributed by atoms with Gasteiger partial charge >= 0.3 is 11.9 Å². The van der Waals surface area contributed by atoms with E-state index in [0.717, 1.165) is 19.3 Å². The third kappa shape index (κ3) is 14.5. The van der Waals surface area contributed by atoms with Gasteiger partial charge in [-0.05, 0) is 30.2 Å². The number of carbonyl (C=O) groups is 2. The van der Waals surface area contributed by atoms with Gasteiger partial charge in [-0.25, -0.2) is 4.79 Å². The lowest BCUT2D eigenvalue weighted by molar-refractivity contribution is -0.156. The van der Waals surface area contributed by atoms with Crippen LogP contribution in [0.4, 0.5) is 0 Å². The van der Waals surface area contributed by atoms with Crippen LogP contribution in [0.3, 0.4) is 0 Å². The quantitative estimate of drug-likeness (QED) is 0.0870. The first kappa shape index (κ1) is 30.5. The lowest BCUT2D eigenvalue weighted by atomic mass is 10.0. The molecule has 0 aliphatic rings. The molecule has 1 aromatic carbocycles. The Kier molecular flexibility index (Phi) is 17.2. The maximum Gasteiger partial charge on any atom is 0.338 e. The largest absolute Gasteiger partial charge is 0.502 e. The van der Waals surface area contributed by atoms with Crippen molar-refractivity contribution >= 4 is 18.0 Å². The topological polar surface area (TPSA) is 82.1 Å². The second kappa shape index (κ2) is 19.8. The first-order chi connectivity index (χ1) is 17.0. The summed E-state index contributed by atoms with van der Waals surface area (Å²) >= 11 is 0. The smallest absolute Gasteiger partial charge is 0.338 e. The molecule has 35 heavy (non-hydrogen) atoms. The van der Waals surface area contributed by atoms with Crippen molar-refractivity contribution in [1.29, 1.82) is 0 Å². The zero-order valence-electron chi connectivity index (χ0n) is 22.1. The van der Waals surface area contributed by atoms with Crippen molar-refractivity contribution in [2.45, 2.75) is 110 Å². The summed E-state index contributed by atoms with van der Waals surface area (Å²) in [6.45, 7) is 2.26. The van der Waals surface area contributed by atoms with Gasteiger partial charge < -0.3 is 19.3 Å². The number of unbranched alkanes of at least 4 members (excludes halogenated alkanes) is 14. The molecule has 0 saturated carbocycles. The first-order valence-electron chi connectivity index (χ1n) is 13.4. The Morgan fingerprint density at radius 1 is 0.743 bits per heavy atom. The highest BCUT2D eigenvalue weighted by atomic mass is 16.6. The highest BCUT2D eigenvalue weighted by Crippen LogP contribution is 2.37. The molecule has 0 atom stereocenters. The number of carbonyl (C=O) groups excluding carboxylic acids is 2. The lowest BCUT2D eigenvalue weighted by Gasteiger charge is -2.09. The van der Waals surface area contributed by atoms with E-state index in [1.807, 2.05) is 0 Å². The van der Waals surface area contributed by atoms with Crippen LogP contribution in [0.15, 0.2) is 18.2 Å². The minimum absolute atomic E-state index is 0.117. The van der Waals surface area contributed by atoms with Crippen LogP contribution in [0, 0.1) is 0 Å². The van der Waals surface area contributed by atoms with Gasteiger partial charge in [-0.15, -0.1) is 0 Å². The van der Waals surface area contributed by atoms with Crippen LogP contribution in [0.1, 0.15) is 115 Å². The molecule has 1 N–H and O–H groups in total. The molecule has 1 aromatic rings. The Morgan fingerprint density at radius 3 is 1.60 bits per heavy atom. The standard InChI is InChI=1S/C29H46O6/c1-4-5-6-7-8-9-10-11-12-13-14-15-16-17-18-19-27(30)35-28(31)21-20-24-22-25(33-2)29(32)26(23-24)34-3/h20-23,32H,4-19H2,1-3H3/b21-20+. The summed E-state index contributed by atoms with van der Waals surface area (Å²) in [5, 5.41) is 9.93. The van der Waals surface area contributed by atoms with E-state index < -0.39 is 11.9 Å². The second-order valence-electron chi connectivity index (χ2n) is 9.10. The molecule has 0 aliphatic heterocycles. The van der Waals surface area contributed by atoms with Gasteiger partial charge in [0.2, 0.25) is 5.75 Å². The van der Waals surface area contributed by atoms with E-state index in [4.69, 9.17) is 14.2 Å². The van der Waals surface area contributed by atoms with Crippen molar-refractivity contribution in [3.63, 3.8) is 0 Å². The number of phenols is 1. The van der Waals surface area contributed by atoms with Gasteiger partial charge in [0.15, 0.2) is 11.5 Å². The molecule has 0 aliphatic carbocycles. The van der Waals surface area contributed by atoms with Crippen LogP contribution in [-0.2, 0) is 14.3 Å². The number of phenolic OH excluding ortho intramolecular Hbond substituents is 1. The van der Waals surface area contributed by atoms with E-state index in [2.05, 4.69) is 6.92 Å². The molecule has 0 spiro atoms. The number of ether oxygens (including phenoxy) is 3. The number of rotatable bonds is 20. The Labute approximate surface area is 212 Å². The Hall–Kier alpha value is -2.50. The third-order valence-corrected chi connectivity index (χ3v) is 6.11. The number of esters is 2. The summed E-state index contributed by atoms with van der Waals surface area (Å²) in [7, 11) is 2.85. The van der Waals surface area contributed by atoms with Crippen LogP contribution in [0.25, 0.3) is 6.08 Å². The van der Waals surface area contributed by atoms with Gasteiger partial charge in [0.1, 0.15) is 0 Å². The number of aromatic hydroxyl groups is 1. The highest BCUT2D eigenvalue weighted by Gasteiger charge is 2.11. The highest BCUT2D eigenvalue weighted by molar-refractivity contribution is 5.94. The summed E-state index contributed by atoms with van der Waals surface area (Å²) in [5.74, 6) is -0.895. The molecule has 0 unspecified atom stereocenters. The van der Waals surface area contributed by atoms with Crippen molar-refractivity contribution in [2.24, 2.45) is 0 Å². The van der Waals surface area contributed by atoms with Crippen LogP contribution in [0.2, 0.25) is 0 Å². The van der Waals surface area contributed by atoms with E-state index >= 15 is 0 Å². The van der Waals surface area contributed by atoms with E-state index in [-0.39, 0.29) is 23.7 Å². The minimum atomic E-state index is -0.720. The fraction of sp³-hybridized carbons (Fsp3) is 0.655. The maximum absolute atomic E-state index is 11.9. The molecule has 0 bridgehead atoms. The third-order valence-electron chi connectivity index (χ3n) is 6.11. The summed E-state index contributed by atoms with van der Waals surface area (Å²) in [6.07, 6.45) is 21.8. The zero-order chi connectivity index (χ0) is 25.7. The summed E-state index contributed by atoms with van der Waals surface area (Å²) in [5.41, 5.74) is 0.573. The molecule has 0 heterocycles. The predicted octanol–water partition coefficient (Wildman–Crippen LogP) is 7.75. The van der Waals surface area contributed by atoms with Crippen LogP contribution in [-0.4, -0.2) is 31.3 Å². The molecule has 0 saturated heterocycles. The normalized spacial score (nSPS) is 11.1. The molecule has 0 aromatic heterocycles. The molecular formula is C29H46O6. The van der Waals surface area contributed by atoms with Crippen molar-refractivity contribution in [1.82, 2.24) is 0 Å². The number of hydrogen-bond acceptors (Lipinski definition) is 6. The summed E-state index contributed by atoms with van der Waals surface area (Å²) in [6, 6.07) is 3.11. The van der Waals surface area contributed by atoms with Crippen molar-refractivity contribution in [3.8, 4) is 17.2 Å². The number of methoxy groups -OCH3 is 2. The van der Waals surface area contributed by atoms with E-state index in [1.54, 1.807) is 12.1 Å². The Morgan fingerprint density at radius 2 is 1.17 bits per heavy atom. The van der Waals surface area contributed by atoms with E-state index in [9.17, 15) is 14.7 Å². The van der Waals surface area contributed by atoms with Crippen LogP contribution < -0.4 is 9.47 Å².